The van der Waals surface area contributed by atoms with Gasteiger partial charge in [0.2, 0.25) is 11.8 Å². The smallest absolute Gasteiger partial charge is 0.407 e. The van der Waals surface area contributed by atoms with E-state index >= 15 is 0 Å². The highest BCUT2D eigenvalue weighted by atomic mass is 16.5. The Bertz CT molecular complexity index is 2300. The molecule has 3 fully saturated rings. The molecule has 4 aromatic rings. The molecule has 3 saturated heterocycles. The molecular weight excluding hydrogens is 799 g/mol. The van der Waals surface area contributed by atoms with Crippen molar-refractivity contribution in [3.8, 4) is 33.6 Å². The highest BCUT2D eigenvalue weighted by molar-refractivity contribution is 5.87. The van der Waals surface area contributed by atoms with Gasteiger partial charge in [0.05, 0.1) is 50.1 Å². The average molecular weight is 862 g/mol. The summed E-state index contributed by atoms with van der Waals surface area (Å²) in [4.78, 5) is 72.8. The van der Waals surface area contributed by atoms with E-state index in [1.54, 1.807) is 0 Å². The summed E-state index contributed by atoms with van der Waals surface area (Å²) >= 11 is 0. The third kappa shape index (κ3) is 8.81. The number of aromatic nitrogens is 4. The summed E-state index contributed by atoms with van der Waals surface area (Å²) in [5.74, 6) is 1.58. The second-order valence-electron chi connectivity index (χ2n) is 18.6. The lowest BCUT2D eigenvalue weighted by Crippen LogP contribution is -2.53. The Morgan fingerprint density at radius 1 is 0.651 bits per heavy atom. The minimum atomic E-state index is -0.701. The lowest BCUT2D eigenvalue weighted by atomic mass is 9.88. The number of hydrogen-bond donors (Lipinski definition) is 5. The SMILES string of the molecule is COC(=O)N[C@H](C(=O)N1CCCC[C@H]1c1ncc(-c2ccc(-c3ccc(-c4cnc([C@@H]5CCCCN5C(=O)[C@@H](NC(=O)OC)C(C)C)[nH]4)c4c3C3CC(C)CC4N3)cc2)[nH]1)C(C)C. The molecule has 0 saturated carbocycles. The first-order valence-electron chi connectivity index (χ1n) is 22.8. The molecule has 336 valence electrons. The Labute approximate surface area is 369 Å². The van der Waals surface area contributed by atoms with Crippen molar-refractivity contribution in [3.63, 3.8) is 0 Å². The number of nitrogens with zero attached hydrogens (tertiary/aromatic N) is 4. The van der Waals surface area contributed by atoms with Crippen molar-refractivity contribution in [3.05, 3.63) is 71.6 Å². The fraction of sp³-hybridized carbons (Fsp3) is 0.542. The number of piperidine rings is 3. The molecular formula is C48H63N9O6. The first-order chi connectivity index (χ1) is 30.4. The number of imidazole rings is 2. The maximum atomic E-state index is 14.0. The van der Waals surface area contributed by atoms with Gasteiger partial charge in [-0.05, 0) is 96.9 Å². The van der Waals surface area contributed by atoms with Crippen molar-refractivity contribution < 1.29 is 28.7 Å². The second-order valence-corrected chi connectivity index (χ2v) is 18.6. The van der Waals surface area contributed by atoms with Gasteiger partial charge >= 0.3 is 12.2 Å². The minimum Gasteiger partial charge on any atom is -0.453 e. The van der Waals surface area contributed by atoms with Gasteiger partial charge in [0.1, 0.15) is 23.7 Å². The predicted molar refractivity (Wildman–Crippen MR) is 239 cm³/mol. The second kappa shape index (κ2) is 18.6. The van der Waals surface area contributed by atoms with Crippen LogP contribution in [0.3, 0.4) is 0 Å². The summed E-state index contributed by atoms with van der Waals surface area (Å²) < 4.78 is 9.67. The van der Waals surface area contributed by atoms with Crippen LogP contribution in [0.1, 0.15) is 133 Å². The first kappa shape index (κ1) is 43.9. The Balaban J connectivity index is 1.05. The standard InChI is InChI=1S/C48H63N9O6/c1-26(2)41(54-47(60)62-6)45(58)56-20-10-8-12-37(56)43-49-24-35(52-43)30-16-14-29(15-17-30)31-18-19-32(40-34-23-28(5)22-33(51-34)39(31)40)36-25-50-44(53-36)38-13-9-11-21-57(38)46(59)42(27(3)4)55-48(61)63-7/h14-19,24-28,33-34,37-38,41-42,51H,8-13,20-23H2,1-7H3,(H,49,52)(H,50,53)(H,54,60)(H,55,61)/t28?,33?,34?,37-,38-,41-,42-/m0/s1. The van der Waals surface area contributed by atoms with Gasteiger partial charge in [0.15, 0.2) is 0 Å². The molecule has 15 heteroatoms. The Kier molecular flexibility index (Phi) is 12.9. The van der Waals surface area contributed by atoms with Crippen LogP contribution in [0.2, 0.25) is 0 Å². The quantitative estimate of drug-likeness (QED) is 0.0993. The summed E-state index contributed by atoms with van der Waals surface area (Å²) in [6.45, 7) is 11.2. The van der Waals surface area contributed by atoms with E-state index in [2.05, 4.69) is 69.2 Å². The van der Waals surface area contributed by atoms with Crippen molar-refractivity contribution in [2.45, 2.75) is 122 Å². The van der Waals surface area contributed by atoms with Crippen molar-refractivity contribution in [2.24, 2.45) is 17.8 Å². The van der Waals surface area contributed by atoms with Crippen LogP contribution in [-0.4, -0.2) is 93.1 Å². The maximum absolute atomic E-state index is 14.0. The molecule has 2 aromatic carbocycles. The topological polar surface area (TPSA) is 187 Å². The zero-order valence-electron chi connectivity index (χ0n) is 37.6. The number of aromatic amines is 2. The normalized spacial score (nSPS) is 23.0. The minimum absolute atomic E-state index is 0.113. The molecule has 0 aliphatic carbocycles. The molecule has 2 bridgehead atoms. The number of H-pyrrole nitrogens is 2. The number of alkyl carbamates (subject to hydrolysis) is 2. The van der Waals surface area contributed by atoms with Crippen LogP contribution >= 0.6 is 0 Å². The van der Waals surface area contributed by atoms with Crippen molar-refractivity contribution in [1.82, 2.24) is 45.7 Å². The van der Waals surface area contributed by atoms with Gasteiger partial charge in [-0.15, -0.1) is 0 Å². The van der Waals surface area contributed by atoms with Gasteiger partial charge in [-0.2, -0.15) is 0 Å². The van der Waals surface area contributed by atoms with Gasteiger partial charge in [0, 0.05) is 30.7 Å². The largest absolute Gasteiger partial charge is 0.453 e. The molecule has 7 atom stereocenters. The number of carbonyl (C=O) groups is 4. The number of amides is 4. The number of benzene rings is 2. The van der Waals surface area contributed by atoms with Crippen LogP contribution in [0.4, 0.5) is 9.59 Å². The lowest BCUT2D eigenvalue weighted by molar-refractivity contribution is -0.139. The summed E-state index contributed by atoms with van der Waals surface area (Å²) in [6.07, 6.45) is 9.93. The van der Waals surface area contributed by atoms with E-state index in [1.165, 1.54) is 30.9 Å². The number of ether oxygens (including phenoxy) is 2. The Morgan fingerprint density at radius 2 is 1.11 bits per heavy atom. The first-order valence-corrected chi connectivity index (χ1v) is 22.8. The monoisotopic (exact) mass is 861 g/mol. The molecule has 8 rings (SSSR count). The molecule has 2 aromatic heterocycles. The van der Waals surface area contributed by atoms with Gasteiger partial charge in [-0.1, -0.05) is 71.0 Å². The molecule has 63 heavy (non-hydrogen) atoms. The van der Waals surface area contributed by atoms with E-state index < -0.39 is 24.3 Å². The van der Waals surface area contributed by atoms with Crippen LogP contribution in [-0.2, 0) is 19.1 Å². The zero-order chi connectivity index (χ0) is 44.5. The Morgan fingerprint density at radius 3 is 1.62 bits per heavy atom. The van der Waals surface area contributed by atoms with E-state index in [4.69, 9.17) is 19.4 Å². The maximum Gasteiger partial charge on any atom is 0.407 e. The van der Waals surface area contributed by atoms with E-state index in [0.717, 1.165) is 91.1 Å². The van der Waals surface area contributed by atoms with E-state index in [-0.39, 0.29) is 47.8 Å². The zero-order valence-corrected chi connectivity index (χ0v) is 37.6. The molecule has 3 unspecified atom stereocenters. The van der Waals surface area contributed by atoms with Crippen LogP contribution in [0.25, 0.3) is 33.6 Å². The predicted octanol–water partition coefficient (Wildman–Crippen LogP) is 8.12. The number of hydrogen-bond acceptors (Lipinski definition) is 9. The fourth-order valence-corrected chi connectivity index (χ4v) is 10.4. The van der Waals surface area contributed by atoms with Gasteiger partial charge in [0.25, 0.3) is 0 Å². The Hall–Kier alpha value is -5.70. The summed E-state index contributed by atoms with van der Waals surface area (Å²) in [7, 11) is 2.61. The summed E-state index contributed by atoms with van der Waals surface area (Å²) in [6, 6.07) is 11.7. The van der Waals surface area contributed by atoms with Gasteiger partial charge in [-0.3, -0.25) is 9.59 Å². The fourth-order valence-electron chi connectivity index (χ4n) is 10.4. The molecule has 15 nitrogen and oxygen atoms in total. The van der Waals surface area contributed by atoms with Crippen molar-refractivity contribution in [1.29, 1.82) is 0 Å². The molecule has 0 radical (unpaired) electrons. The summed E-state index contributed by atoms with van der Waals surface area (Å²) in [5, 5.41) is 9.45. The van der Waals surface area contributed by atoms with E-state index in [9.17, 15) is 19.2 Å². The van der Waals surface area contributed by atoms with Crippen molar-refractivity contribution >= 4 is 24.0 Å². The third-order valence-corrected chi connectivity index (χ3v) is 13.6. The van der Waals surface area contributed by atoms with E-state index in [0.29, 0.717) is 19.0 Å². The number of fused-ring (bicyclic) bond motifs is 5. The highest BCUT2D eigenvalue weighted by Gasteiger charge is 2.42. The summed E-state index contributed by atoms with van der Waals surface area (Å²) in [5.41, 5.74) is 8.92. The van der Waals surface area contributed by atoms with Crippen LogP contribution < -0.4 is 16.0 Å². The molecule has 0 spiro atoms. The number of methoxy groups -OCH3 is 2. The highest BCUT2D eigenvalue weighted by Crippen LogP contribution is 2.52. The number of nitrogens with one attached hydrogen (secondary N) is 5. The number of carbonyl (C=O) groups excluding carboxylic acids is 4. The van der Waals surface area contributed by atoms with Crippen LogP contribution in [0.5, 0.6) is 0 Å². The third-order valence-electron chi connectivity index (χ3n) is 13.6. The molecule has 6 heterocycles. The van der Waals surface area contributed by atoms with E-state index in [1.807, 2.05) is 49.9 Å². The lowest BCUT2D eigenvalue weighted by Gasteiger charge is -2.37. The average Bonchev–Trinajstić information content (AvgIpc) is 4.05. The molecule has 4 amide bonds. The van der Waals surface area contributed by atoms with Gasteiger partial charge in [-0.25, -0.2) is 19.6 Å². The van der Waals surface area contributed by atoms with Gasteiger partial charge < -0.3 is 45.2 Å². The number of rotatable bonds is 11. The molecule has 4 aliphatic heterocycles. The van der Waals surface area contributed by atoms with Crippen LogP contribution in [0, 0.1) is 17.8 Å². The van der Waals surface area contributed by atoms with Crippen LogP contribution in [0.15, 0.2) is 48.8 Å². The number of likely N-dealkylation sites (tertiary alicyclic amines) is 2. The molecule has 5 N–H and O–H groups in total. The van der Waals surface area contributed by atoms with Crippen molar-refractivity contribution in [2.75, 3.05) is 27.3 Å². The molecule has 4 aliphatic rings.